The maximum absolute atomic E-state index is 11.5. The minimum Gasteiger partial charge on any atom is -0.508 e. The minimum atomic E-state index is -0.298. The molecule has 0 atom stereocenters. The Morgan fingerprint density at radius 2 is 2.07 bits per heavy atom. The van der Waals surface area contributed by atoms with Gasteiger partial charge in [-0.05, 0) is 18.6 Å². The fraction of sp³-hybridized carbons (Fsp3) is 0.417. The molecule has 1 aromatic carbocycles. The van der Waals surface area contributed by atoms with Crippen LogP contribution in [-0.4, -0.2) is 11.0 Å². The molecule has 3 heteroatoms. The predicted molar refractivity (Wildman–Crippen MR) is 59.1 cm³/mol. The topological polar surface area (TPSA) is 49.3 Å². The minimum absolute atomic E-state index is 0.0150. The highest BCUT2D eigenvalue weighted by Crippen LogP contribution is 2.43. The number of phenols is 1. The first-order valence-electron chi connectivity index (χ1n) is 5.05. The van der Waals surface area contributed by atoms with Crippen molar-refractivity contribution < 1.29 is 9.90 Å². The van der Waals surface area contributed by atoms with Crippen LogP contribution in [0.15, 0.2) is 12.1 Å². The Balaban J connectivity index is 2.71. The highest BCUT2D eigenvalue weighted by molar-refractivity contribution is 5.97. The molecule has 0 radical (unpaired) electrons. The van der Waals surface area contributed by atoms with Crippen molar-refractivity contribution in [1.82, 2.24) is 0 Å². The van der Waals surface area contributed by atoms with E-state index in [2.05, 4.69) is 5.32 Å². The van der Waals surface area contributed by atoms with Crippen molar-refractivity contribution in [3.05, 3.63) is 23.3 Å². The Kier molecular flexibility index (Phi) is 2.00. The smallest absolute Gasteiger partial charge is 0.225 e. The summed E-state index contributed by atoms with van der Waals surface area (Å²) < 4.78 is 0. The maximum atomic E-state index is 11.5. The number of benzene rings is 1. The number of anilines is 1. The number of aromatic hydroxyl groups is 1. The fourth-order valence-electron chi connectivity index (χ4n) is 2.22. The van der Waals surface area contributed by atoms with Crippen molar-refractivity contribution in [2.75, 3.05) is 5.32 Å². The molecule has 1 aromatic rings. The van der Waals surface area contributed by atoms with E-state index in [0.29, 0.717) is 6.42 Å². The highest BCUT2D eigenvalue weighted by atomic mass is 16.3. The summed E-state index contributed by atoms with van der Waals surface area (Å²) in [5.74, 6) is 0.279. The predicted octanol–water partition coefficient (Wildman–Crippen LogP) is 2.32. The molecule has 0 bridgehead atoms. The van der Waals surface area contributed by atoms with E-state index in [0.717, 1.165) is 16.8 Å². The number of fused-ring (bicyclic) bond motifs is 1. The Labute approximate surface area is 89.1 Å². The zero-order valence-electron chi connectivity index (χ0n) is 9.22. The number of aryl methyl sites for hydroxylation is 1. The molecule has 3 nitrogen and oxygen atoms in total. The van der Waals surface area contributed by atoms with Crippen LogP contribution in [0.5, 0.6) is 5.75 Å². The van der Waals surface area contributed by atoms with Gasteiger partial charge < -0.3 is 10.4 Å². The Bertz CT molecular complexity index is 435. The van der Waals surface area contributed by atoms with Gasteiger partial charge in [0.1, 0.15) is 5.75 Å². The van der Waals surface area contributed by atoms with Crippen molar-refractivity contribution in [3.63, 3.8) is 0 Å². The van der Waals surface area contributed by atoms with Crippen molar-refractivity contribution in [2.24, 2.45) is 0 Å². The van der Waals surface area contributed by atoms with Crippen molar-refractivity contribution in [3.8, 4) is 5.75 Å². The van der Waals surface area contributed by atoms with Gasteiger partial charge in [-0.1, -0.05) is 19.9 Å². The Morgan fingerprint density at radius 1 is 1.40 bits per heavy atom. The summed E-state index contributed by atoms with van der Waals surface area (Å²) in [4.78, 5) is 11.5. The first kappa shape index (κ1) is 10.0. The van der Waals surface area contributed by atoms with Crippen LogP contribution in [0, 0.1) is 6.92 Å². The Morgan fingerprint density at radius 3 is 2.73 bits per heavy atom. The van der Waals surface area contributed by atoms with Gasteiger partial charge in [-0.2, -0.15) is 0 Å². The number of carbonyl (C=O) groups is 1. The van der Waals surface area contributed by atoms with Crippen molar-refractivity contribution in [1.29, 1.82) is 0 Å². The molecular weight excluding hydrogens is 190 g/mol. The van der Waals surface area contributed by atoms with Crippen LogP contribution in [0.2, 0.25) is 0 Å². The third-order valence-corrected chi connectivity index (χ3v) is 2.94. The van der Waals surface area contributed by atoms with E-state index in [9.17, 15) is 9.90 Å². The molecule has 1 heterocycles. The number of amides is 1. The molecule has 0 spiro atoms. The van der Waals surface area contributed by atoms with E-state index in [1.165, 1.54) is 0 Å². The van der Waals surface area contributed by atoms with Crippen LogP contribution >= 0.6 is 0 Å². The number of hydrogen-bond acceptors (Lipinski definition) is 2. The molecule has 1 amide bonds. The molecule has 0 saturated heterocycles. The van der Waals surface area contributed by atoms with Gasteiger partial charge in [-0.15, -0.1) is 0 Å². The summed E-state index contributed by atoms with van der Waals surface area (Å²) in [5, 5.41) is 12.7. The molecule has 15 heavy (non-hydrogen) atoms. The lowest BCUT2D eigenvalue weighted by Crippen LogP contribution is -2.33. The molecule has 0 saturated carbocycles. The van der Waals surface area contributed by atoms with E-state index < -0.39 is 0 Å². The first-order chi connectivity index (χ1) is 6.92. The van der Waals surface area contributed by atoms with Gasteiger partial charge in [0.25, 0.3) is 0 Å². The van der Waals surface area contributed by atoms with Gasteiger partial charge >= 0.3 is 0 Å². The zero-order chi connectivity index (χ0) is 11.2. The largest absolute Gasteiger partial charge is 0.508 e. The summed E-state index contributed by atoms with van der Waals surface area (Å²) in [6, 6.07) is 3.50. The van der Waals surface area contributed by atoms with E-state index in [-0.39, 0.29) is 17.1 Å². The van der Waals surface area contributed by atoms with Crippen molar-refractivity contribution >= 4 is 11.6 Å². The van der Waals surface area contributed by atoms with Crippen LogP contribution < -0.4 is 5.32 Å². The van der Waals surface area contributed by atoms with Crippen LogP contribution in [0.4, 0.5) is 5.69 Å². The third kappa shape index (κ3) is 1.48. The van der Waals surface area contributed by atoms with Gasteiger partial charge in [0.2, 0.25) is 5.91 Å². The normalized spacial score (nSPS) is 18.2. The molecule has 0 aromatic heterocycles. The van der Waals surface area contributed by atoms with Gasteiger partial charge in [0.05, 0.1) is 5.69 Å². The average Bonchev–Trinajstić information content (AvgIpc) is 2.09. The van der Waals surface area contributed by atoms with Crippen LogP contribution in [0.25, 0.3) is 0 Å². The second kappa shape index (κ2) is 2.99. The molecule has 2 N–H and O–H groups in total. The lowest BCUT2D eigenvalue weighted by molar-refractivity contribution is -0.117. The summed E-state index contributed by atoms with van der Waals surface area (Å²) in [5.41, 5.74) is 2.32. The molecule has 0 fully saturated rings. The zero-order valence-corrected chi connectivity index (χ0v) is 9.22. The van der Waals surface area contributed by atoms with E-state index in [1.54, 1.807) is 6.07 Å². The van der Waals surface area contributed by atoms with Crippen molar-refractivity contribution in [2.45, 2.75) is 32.6 Å². The summed E-state index contributed by atoms with van der Waals surface area (Å²) >= 11 is 0. The van der Waals surface area contributed by atoms with Gasteiger partial charge in [-0.25, -0.2) is 0 Å². The van der Waals surface area contributed by atoms with E-state index in [4.69, 9.17) is 0 Å². The molecule has 0 aliphatic carbocycles. The number of rotatable bonds is 0. The fourth-order valence-corrected chi connectivity index (χ4v) is 2.22. The number of carbonyl (C=O) groups excluding carboxylic acids is 1. The second-order valence-corrected chi connectivity index (χ2v) is 4.76. The average molecular weight is 205 g/mol. The standard InChI is InChI=1S/C12H15NO2/c1-7-4-5-8(14)10-11(7)13-9(15)6-12(10,2)3/h4-5,14H,6H2,1-3H3,(H,13,15). The second-order valence-electron chi connectivity index (χ2n) is 4.76. The van der Waals surface area contributed by atoms with Gasteiger partial charge in [0, 0.05) is 17.4 Å². The maximum Gasteiger partial charge on any atom is 0.225 e. The first-order valence-corrected chi connectivity index (χ1v) is 5.05. The molecule has 2 rings (SSSR count). The third-order valence-electron chi connectivity index (χ3n) is 2.94. The molecular formula is C12H15NO2. The highest BCUT2D eigenvalue weighted by Gasteiger charge is 2.34. The monoisotopic (exact) mass is 205 g/mol. The number of phenolic OH excluding ortho intramolecular Hbond substituents is 1. The number of nitrogens with one attached hydrogen (secondary N) is 1. The Hall–Kier alpha value is -1.51. The lowest BCUT2D eigenvalue weighted by Gasteiger charge is -2.33. The van der Waals surface area contributed by atoms with Crippen LogP contribution in [0.1, 0.15) is 31.4 Å². The van der Waals surface area contributed by atoms with E-state index >= 15 is 0 Å². The van der Waals surface area contributed by atoms with Crippen LogP contribution in [-0.2, 0) is 10.2 Å². The summed E-state index contributed by atoms with van der Waals surface area (Å²) in [6.45, 7) is 5.88. The SMILES string of the molecule is Cc1ccc(O)c2c1NC(=O)CC2(C)C. The number of hydrogen-bond donors (Lipinski definition) is 2. The van der Waals surface area contributed by atoms with E-state index in [1.807, 2.05) is 26.8 Å². The molecule has 0 unspecified atom stereocenters. The summed E-state index contributed by atoms with van der Waals surface area (Å²) in [6.07, 6.45) is 0.414. The van der Waals surface area contributed by atoms with Gasteiger partial charge in [0.15, 0.2) is 0 Å². The lowest BCUT2D eigenvalue weighted by atomic mass is 9.76. The quantitative estimate of drug-likeness (QED) is 0.683. The molecule has 1 aliphatic heterocycles. The van der Waals surface area contributed by atoms with Crippen LogP contribution in [0.3, 0.4) is 0 Å². The molecule has 80 valence electrons. The molecule has 1 aliphatic rings. The van der Waals surface area contributed by atoms with Gasteiger partial charge in [-0.3, -0.25) is 4.79 Å². The summed E-state index contributed by atoms with van der Waals surface area (Å²) in [7, 11) is 0.